The lowest BCUT2D eigenvalue weighted by atomic mass is 10.2. The smallest absolute Gasteiger partial charge is 0.257 e. The molecule has 0 saturated carbocycles. The van der Waals surface area contributed by atoms with Crippen molar-refractivity contribution in [2.24, 2.45) is 0 Å². The number of hydrogen-bond acceptors (Lipinski definition) is 4. The average molecular weight is 259 g/mol. The topological polar surface area (TPSA) is 97.2 Å². The lowest BCUT2D eigenvalue weighted by Gasteiger charge is -2.10. The molecule has 0 unspecified atom stereocenters. The Kier molecular flexibility index (Phi) is 3.51. The van der Waals surface area contributed by atoms with E-state index in [1.54, 1.807) is 18.2 Å². The van der Waals surface area contributed by atoms with Crippen LogP contribution in [-0.4, -0.2) is 18.0 Å². The maximum atomic E-state index is 12.0. The minimum absolute atomic E-state index is 0.262. The number of nitrogen functional groups attached to an aromatic ring is 1. The molecular weight excluding hydrogens is 246 g/mol. The summed E-state index contributed by atoms with van der Waals surface area (Å²) < 4.78 is 5.13. The quantitative estimate of drug-likeness (QED) is 0.722. The van der Waals surface area contributed by atoms with Gasteiger partial charge >= 0.3 is 0 Å². The van der Waals surface area contributed by atoms with Gasteiger partial charge in [-0.05, 0) is 18.2 Å². The Labute approximate surface area is 109 Å². The van der Waals surface area contributed by atoms with Crippen molar-refractivity contribution in [3.05, 3.63) is 52.4 Å². The van der Waals surface area contributed by atoms with Gasteiger partial charge in [0.1, 0.15) is 5.75 Å². The van der Waals surface area contributed by atoms with E-state index in [1.165, 1.54) is 25.4 Å². The number of methoxy groups -OCH3 is 1. The van der Waals surface area contributed by atoms with Gasteiger partial charge in [-0.2, -0.15) is 0 Å². The molecule has 0 atom stereocenters. The third-order valence-corrected chi connectivity index (χ3v) is 2.52. The molecule has 0 radical (unpaired) electrons. The second-order valence-electron chi connectivity index (χ2n) is 3.86. The molecule has 0 aliphatic carbocycles. The SMILES string of the molecule is COc1cc(N)ccc1NC(=O)c1ccc(=O)[nH]c1. The van der Waals surface area contributed by atoms with Crippen LogP contribution in [-0.2, 0) is 0 Å². The van der Waals surface area contributed by atoms with E-state index in [0.717, 1.165) is 0 Å². The number of anilines is 2. The van der Waals surface area contributed by atoms with Crippen molar-refractivity contribution in [1.82, 2.24) is 4.98 Å². The fourth-order valence-electron chi connectivity index (χ4n) is 1.56. The van der Waals surface area contributed by atoms with E-state index in [9.17, 15) is 9.59 Å². The Hall–Kier alpha value is -2.76. The first kappa shape index (κ1) is 12.7. The zero-order valence-corrected chi connectivity index (χ0v) is 10.3. The van der Waals surface area contributed by atoms with Gasteiger partial charge < -0.3 is 20.8 Å². The Morgan fingerprint density at radius 3 is 2.74 bits per heavy atom. The average Bonchev–Trinajstić information content (AvgIpc) is 2.41. The predicted molar refractivity (Wildman–Crippen MR) is 72.4 cm³/mol. The van der Waals surface area contributed by atoms with Gasteiger partial charge in [-0.25, -0.2) is 0 Å². The van der Waals surface area contributed by atoms with Crippen molar-refractivity contribution in [3.8, 4) is 5.75 Å². The van der Waals surface area contributed by atoms with Crippen LogP contribution < -0.4 is 21.3 Å². The minimum atomic E-state index is -0.348. The molecule has 1 heterocycles. The standard InChI is InChI=1S/C13H13N3O3/c1-19-11-6-9(14)3-4-10(11)16-13(18)8-2-5-12(17)15-7-8/h2-7H,14H2,1H3,(H,15,17)(H,16,18). The van der Waals surface area contributed by atoms with Gasteiger partial charge in [0.05, 0.1) is 18.4 Å². The monoisotopic (exact) mass is 259 g/mol. The van der Waals surface area contributed by atoms with Gasteiger partial charge in [0.2, 0.25) is 5.56 Å². The summed E-state index contributed by atoms with van der Waals surface area (Å²) in [6.07, 6.45) is 1.35. The Balaban J connectivity index is 2.23. The summed E-state index contributed by atoms with van der Waals surface area (Å²) in [4.78, 5) is 25.3. The molecule has 1 aromatic heterocycles. The number of hydrogen-bond donors (Lipinski definition) is 3. The maximum absolute atomic E-state index is 12.0. The molecule has 1 aromatic carbocycles. The van der Waals surface area contributed by atoms with Crippen LogP contribution in [0.5, 0.6) is 5.75 Å². The summed E-state index contributed by atoms with van der Waals surface area (Å²) in [7, 11) is 1.49. The van der Waals surface area contributed by atoms with Crippen LogP contribution >= 0.6 is 0 Å². The highest BCUT2D eigenvalue weighted by molar-refractivity contribution is 6.04. The number of carbonyl (C=O) groups excluding carboxylic acids is 1. The lowest BCUT2D eigenvalue weighted by Crippen LogP contribution is -2.15. The molecule has 98 valence electrons. The summed E-state index contributed by atoms with van der Waals surface area (Å²) in [5.41, 5.74) is 6.76. The number of nitrogens with two attached hydrogens (primary N) is 1. The first-order valence-electron chi connectivity index (χ1n) is 5.54. The van der Waals surface area contributed by atoms with E-state index in [4.69, 9.17) is 10.5 Å². The molecule has 2 aromatic rings. The molecule has 0 bridgehead atoms. The van der Waals surface area contributed by atoms with Gasteiger partial charge in [-0.15, -0.1) is 0 Å². The van der Waals surface area contributed by atoms with Crippen LogP contribution in [0.4, 0.5) is 11.4 Å². The van der Waals surface area contributed by atoms with Crippen molar-refractivity contribution >= 4 is 17.3 Å². The number of H-pyrrole nitrogens is 1. The number of aromatic amines is 1. The summed E-state index contributed by atoms with van der Waals surface area (Å²) in [6, 6.07) is 7.65. The van der Waals surface area contributed by atoms with E-state index in [0.29, 0.717) is 22.7 Å². The van der Waals surface area contributed by atoms with Crippen molar-refractivity contribution in [1.29, 1.82) is 0 Å². The van der Waals surface area contributed by atoms with E-state index >= 15 is 0 Å². The van der Waals surface area contributed by atoms with Gasteiger partial charge in [0, 0.05) is 24.0 Å². The Morgan fingerprint density at radius 2 is 2.11 bits per heavy atom. The number of ether oxygens (including phenoxy) is 1. The van der Waals surface area contributed by atoms with E-state index < -0.39 is 0 Å². The number of rotatable bonds is 3. The van der Waals surface area contributed by atoms with Gasteiger partial charge in [-0.3, -0.25) is 9.59 Å². The summed E-state index contributed by atoms with van der Waals surface area (Å²) in [5.74, 6) is 0.122. The molecule has 4 N–H and O–H groups in total. The van der Waals surface area contributed by atoms with Crippen molar-refractivity contribution in [3.63, 3.8) is 0 Å². The van der Waals surface area contributed by atoms with Crippen molar-refractivity contribution in [2.75, 3.05) is 18.2 Å². The van der Waals surface area contributed by atoms with Crippen LogP contribution in [0.25, 0.3) is 0 Å². The molecule has 0 aliphatic rings. The fraction of sp³-hybridized carbons (Fsp3) is 0.0769. The second-order valence-corrected chi connectivity index (χ2v) is 3.86. The third kappa shape index (κ3) is 2.92. The lowest BCUT2D eigenvalue weighted by molar-refractivity contribution is 0.102. The number of pyridine rings is 1. The Bertz CT molecular complexity index is 644. The van der Waals surface area contributed by atoms with E-state index in [2.05, 4.69) is 10.3 Å². The highest BCUT2D eigenvalue weighted by Gasteiger charge is 2.09. The highest BCUT2D eigenvalue weighted by atomic mass is 16.5. The van der Waals surface area contributed by atoms with Crippen LogP contribution in [0.15, 0.2) is 41.3 Å². The summed E-state index contributed by atoms with van der Waals surface area (Å²) in [6.45, 7) is 0. The zero-order valence-electron chi connectivity index (χ0n) is 10.3. The first-order valence-corrected chi connectivity index (χ1v) is 5.54. The van der Waals surface area contributed by atoms with Gasteiger partial charge in [0.25, 0.3) is 5.91 Å². The van der Waals surface area contributed by atoms with Crippen LogP contribution in [0, 0.1) is 0 Å². The van der Waals surface area contributed by atoms with Crippen molar-refractivity contribution < 1.29 is 9.53 Å². The summed E-state index contributed by atoms with van der Waals surface area (Å²) in [5, 5.41) is 2.68. The first-order chi connectivity index (χ1) is 9.10. The second kappa shape index (κ2) is 5.26. The predicted octanol–water partition coefficient (Wildman–Crippen LogP) is 1.22. The number of benzene rings is 1. The van der Waals surface area contributed by atoms with Crippen LogP contribution in [0.3, 0.4) is 0 Å². The molecule has 6 nitrogen and oxygen atoms in total. The molecular formula is C13H13N3O3. The maximum Gasteiger partial charge on any atom is 0.257 e. The molecule has 0 saturated heterocycles. The molecule has 2 rings (SSSR count). The van der Waals surface area contributed by atoms with Crippen LogP contribution in [0.2, 0.25) is 0 Å². The third-order valence-electron chi connectivity index (χ3n) is 2.52. The molecule has 1 amide bonds. The van der Waals surface area contributed by atoms with Gasteiger partial charge in [-0.1, -0.05) is 0 Å². The fourth-order valence-corrected chi connectivity index (χ4v) is 1.56. The minimum Gasteiger partial charge on any atom is -0.494 e. The van der Waals surface area contributed by atoms with Gasteiger partial charge in [0.15, 0.2) is 0 Å². The number of carbonyl (C=O) groups is 1. The largest absolute Gasteiger partial charge is 0.494 e. The molecule has 6 heteroatoms. The number of aromatic nitrogens is 1. The zero-order chi connectivity index (χ0) is 13.8. The molecule has 19 heavy (non-hydrogen) atoms. The number of nitrogens with one attached hydrogen (secondary N) is 2. The molecule has 0 spiro atoms. The van der Waals surface area contributed by atoms with Crippen molar-refractivity contribution in [2.45, 2.75) is 0 Å². The normalized spacial score (nSPS) is 9.95. The summed E-state index contributed by atoms with van der Waals surface area (Å²) >= 11 is 0. The molecule has 0 fully saturated rings. The van der Waals surface area contributed by atoms with E-state index in [1.807, 2.05) is 0 Å². The van der Waals surface area contributed by atoms with Crippen LogP contribution in [0.1, 0.15) is 10.4 Å². The molecule has 0 aliphatic heterocycles. The Morgan fingerprint density at radius 1 is 1.32 bits per heavy atom. The highest BCUT2D eigenvalue weighted by Crippen LogP contribution is 2.26. The number of amides is 1. The van der Waals surface area contributed by atoms with E-state index in [-0.39, 0.29) is 11.5 Å².